The lowest BCUT2D eigenvalue weighted by Gasteiger charge is -2.21. The van der Waals surface area contributed by atoms with Crippen LogP contribution in [0.2, 0.25) is 0 Å². The predicted octanol–water partition coefficient (Wildman–Crippen LogP) is 9.48. The van der Waals surface area contributed by atoms with Crippen molar-refractivity contribution in [3.8, 4) is 0 Å². The van der Waals surface area contributed by atoms with E-state index < -0.39 is 0 Å². The topological polar surface area (TPSA) is 91.9 Å². The Balaban J connectivity index is 1.33. The first kappa shape index (κ1) is 28.5. The Bertz CT molecular complexity index is 1420. The van der Waals surface area contributed by atoms with Gasteiger partial charge in [0.25, 0.3) is 0 Å². The molecule has 4 rings (SSSR count). The van der Waals surface area contributed by atoms with Crippen molar-refractivity contribution in [1.82, 2.24) is 4.98 Å². The summed E-state index contributed by atoms with van der Waals surface area (Å²) in [6.07, 6.45) is 1.46. The van der Waals surface area contributed by atoms with Gasteiger partial charge >= 0.3 is 5.97 Å². The van der Waals surface area contributed by atoms with Gasteiger partial charge in [-0.1, -0.05) is 48.7 Å². The SMILES string of the molecule is CCC(C)C(=O)OCCc1ccc(N=Nc2cc3sc(N=Nc4ccc(N(CC)CC)cc4C)nc3s2)cc1. The number of carbonyl (C=O) groups excluding carboxylic acids is 1. The van der Waals surface area contributed by atoms with Crippen LogP contribution in [0.1, 0.15) is 45.2 Å². The molecule has 0 N–H and O–H groups in total. The monoisotopic (exact) mass is 562 g/mol. The smallest absolute Gasteiger partial charge is 0.308 e. The lowest BCUT2D eigenvalue weighted by molar-refractivity contribution is -0.147. The van der Waals surface area contributed by atoms with Gasteiger partial charge in [-0.25, -0.2) is 4.98 Å². The number of thiazole rings is 1. The molecule has 1 unspecified atom stereocenters. The van der Waals surface area contributed by atoms with Gasteiger partial charge in [-0.05, 0) is 74.7 Å². The van der Waals surface area contributed by atoms with Crippen LogP contribution in [0.15, 0.2) is 69.0 Å². The van der Waals surface area contributed by atoms with E-state index in [0.717, 1.165) is 56.5 Å². The van der Waals surface area contributed by atoms with Crippen molar-refractivity contribution in [2.45, 2.75) is 47.5 Å². The summed E-state index contributed by atoms with van der Waals surface area (Å²) < 4.78 is 6.34. The molecule has 0 amide bonds. The van der Waals surface area contributed by atoms with Crippen LogP contribution in [0.3, 0.4) is 0 Å². The Morgan fingerprint density at radius 1 is 0.974 bits per heavy atom. The first-order valence-electron chi connectivity index (χ1n) is 13.2. The van der Waals surface area contributed by atoms with Crippen molar-refractivity contribution in [1.29, 1.82) is 0 Å². The fourth-order valence-corrected chi connectivity index (χ4v) is 5.70. The number of thiophene rings is 1. The van der Waals surface area contributed by atoms with Crippen LogP contribution in [0.4, 0.5) is 27.2 Å². The molecule has 4 aromatic rings. The molecular weight excluding hydrogens is 528 g/mol. The molecule has 2 aromatic heterocycles. The number of ether oxygens (including phenoxy) is 1. The van der Waals surface area contributed by atoms with E-state index in [9.17, 15) is 4.79 Å². The van der Waals surface area contributed by atoms with Gasteiger partial charge in [0, 0.05) is 25.2 Å². The highest BCUT2D eigenvalue weighted by molar-refractivity contribution is 7.30. The van der Waals surface area contributed by atoms with Crippen molar-refractivity contribution >= 4 is 65.4 Å². The number of benzene rings is 2. The average Bonchev–Trinajstić information content (AvgIpc) is 3.51. The van der Waals surface area contributed by atoms with Gasteiger partial charge in [0.05, 0.1) is 28.6 Å². The van der Waals surface area contributed by atoms with Gasteiger partial charge in [-0.15, -0.1) is 20.5 Å². The maximum Gasteiger partial charge on any atom is 0.308 e. The molecule has 10 heteroatoms. The first-order valence-corrected chi connectivity index (χ1v) is 14.9. The summed E-state index contributed by atoms with van der Waals surface area (Å²) in [5.74, 6) is -0.198. The largest absolute Gasteiger partial charge is 0.465 e. The van der Waals surface area contributed by atoms with Crippen LogP contribution >= 0.6 is 22.7 Å². The highest BCUT2D eigenvalue weighted by Crippen LogP contribution is 2.39. The number of aryl methyl sites for hydroxylation is 1. The van der Waals surface area contributed by atoms with Gasteiger partial charge in [-0.2, -0.15) is 0 Å². The molecule has 0 spiro atoms. The number of carbonyl (C=O) groups is 1. The molecule has 2 heterocycles. The molecule has 39 heavy (non-hydrogen) atoms. The number of esters is 1. The molecule has 0 saturated carbocycles. The van der Waals surface area contributed by atoms with Crippen molar-refractivity contribution in [2.24, 2.45) is 26.4 Å². The second kappa shape index (κ2) is 13.5. The Morgan fingerprint density at radius 2 is 1.74 bits per heavy atom. The van der Waals surface area contributed by atoms with E-state index in [-0.39, 0.29) is 11.9 Å². The Kier molecular flexibility index (Phi) is 9.89. The molecule has 1 atom stereocenters. The summed E-state index contributed by atoms with van der Waals surface area (Å²) in [5.41, 5.74) is 4.98. The maximum atomic E-state index is 11.8. The number of anilines is 1. The molecule has 2 aromatic carbocycles. The number of hydrogen-bond acceptors (Lipinski definition) is 10. The van der Waals surface area contributed by atoms with Gasteiger partial charge in [0.1, 0.15) is 9.83 Å². The van der Waals surface area contributed by atoms with Gasteiger partial charge < -0.3 is 9.64 Å². The number of rotatable bonds is 12. The highest BCUT2D eigenvalue weighted by Gasteiger charge is 2.12. The van der Waals surface area contributed by atoms with Crippen LogP contribution in [0.5, 0.6) is 0 Å². The van der Waals surface area contributed by atoms with Crippen LogP contribution < -0.4 is 4.90 Å². The zero-order valence-electron chi connectivity index (χ0n) is 23.0. The average molecular weight is 563 g/mol. The van der Waals surface area contributed by atoms with Crippen LogP contribution in [-0.4, -0.2) is 30.6 Å². The predicted molar refractivity (Wildman–Crippen MR) is 161 cm³/mol. The van der Waals surface area contributed by atoms with Gasteiger partial charge in [-0.3, -0.25) is 4.79 Å². The summed E-state index contributed by atoms with van der Waals surface area (Å²) in [7, 11) is 0. The normalized spacial score (nSPS) is 12.5. The Hall–Kier alpha value is -3.50. The van der Waals surface area contributed by atoms with E-state index in [1.807, 2.05) is 50.2 Å². The third-order valence-corrected chi connectivity index (χ3v) is 8.40. The van der Waals surface area contributed by atoms with E-state index >= 15 is 0 Å². The maximum absolute atomic E-state index is 11.8. The first-order chi connectivity index (χ1) is 18.9. The fourth-order valence-electron chi connectivity index (χ4n) is 3.85. The summed E-state index contributed by atoms with van der Waals surface area (Å²) in [6.45, 7) is 12.6. The molecule has 0 bridgehead atoms. The number of fused-ring (bicyclic) bond motifs is 1. The van der Waals surface area contributed by atoms with E-state index in [0.29, 0.717) is 18.2 Å². The van der Waals surface area contributed by atoms with Crippen molar-refractivity contribution in [2.75, 3.05) is 24.6 Å². The molecule has 204 valence electrons. The number of azo groups is 2. The van der Waals surface area contributed by atoms with Crippen LogP contribution in [-0.2, 0) is 16.0 Å². The van der Waals surface area contributed by atoms with Gasteiger partial charge in [0.2, 0.25) is 5.13 Å². The quantitative estimate of drug-likeness (QED) is 0.127. The summed E-state index contributed by atoms with van der Waals surface area (Å²) in [5, 5.41) is 19.0. The standard InChI is InChI=1S/C29H34N6O2S2/c1-6-19(4)28(36)37-16-15-21-9-11-22(12-10-21)31-33-26-18-25-27(39-26)30-29(38-25)34-32-24-14-13-23(17-20(24)5)35(7-2)8-3/h9-14,17-19H,6-8,15-16H2,1-5H3. The fraction of sp³-hybridized carbons (Fsp3) is 0.379. The van der Waals surface area contributed by atoms with E-state index in [2.05, 4.69) is 63.2 Å². The molecule has 0 saturated heterocycles. The number of hydrogen-bond donors (Lipinski definition) is 0. The highest BCUT2D eigenvalue weighted by atomic mass is 32.1. The van der Waals surface area contributed by atoms with Crippen molar-refractivity contribution < 1.29 is 9.53 Å². The zero-order chi connectivity index (χ0) is 27.8. The molecule has 0 aliphatic carbocycles. The summed E-state index contributed by atoms with van der Waals surface area (Å²) in [6, 6.07) is 16.0. The molecule has 0 aliphatic rings. The summed E-state index contributed by atoms with van der Waals surface area (Å²) >= 11 is 2.96. The molecular formula is C29H34N6O2S2. The van der Waals surface area contributed by atoms with E-state index in [1.54, 1.807) is 0 Å². The molecule has 0 aliphatic heterocycles. The Labute approximate surface area is 237 Å². The van der Waals surface area contributed by atoms with Crippen molar-refractivity contribution in [3.05, 3.63) is 59.7 Å². The number of nitrogens with zero attached hydrogens (tertiary/aromatic N) is 6. The van der Waals surface area contributed by atoms with E-state index in [1.165, 1.54) is 28.4 Å². The zero-order valence-corrected chi connectivity index (χ0v) is 24.7. The number of aromatic nitrogens is 1. The second-order valence-electron chi connectivity index (χ2n) is 9.19. The van der Waals surface area contributed by atoms with Crippen molar-refractivity contribution in [3.63, 3.8) is 0 Å². The summed E-state index contributed by atoms with van der Waals surface area (Å²) in [4.78, 5) is 19.6. The van der Waals surface area contributed by atoms with Gasteiger partial charge in [0.15, 0.2) is 0 Å². The Morgan fingerprint density at radius 3 is 2.41 bits per heavy atom. The van der Waals surface area contributed by atoms with Crippen LogP contribution in [0.25, 0.3) is 9.53 Å². The molecule has 0 radical (unpaired) electrons. The third kappa shape index (κ3) is 7.54. The minimum atomic E-state index is -0.140. The van der Waals surface area contributed by atoms with E-state index in [4.69, 9.17) is 4.74 Å². The lowest BCUT2D eigenvalue weighted by atomic mass is 10.1. The minimum absolute atomic E-state index is 0.0588. The molecule has 0 fully saturated rings. The lowest BCUT2D eigenvalue weighted by Crippen LogP contribution is -2.21. The van der Waals surface area contributed by atoms with Crippen LogP contribution in [0, 0.1) is 12.8 Å². The second-order valence-corrected chi connectivity index (χ2v) is 11.2. The third-order valence-electron chi connectivity index (χ3n) is 6.47. The minimum Gasteiger partial charge on any atom is -0.465 e. The molecule has 8 nitrogen and oxygen atoms in total.